The third kappa shape index (κ3) is 8.11. The summed E-state index contributed by atoms with van der Waals surface area (Å²) in [4.78, 5) is 0. The van der Waals surface area contributed by atoms with E-state index in [4.69, 9.17) is 16.9 Å². The van der Waals surface area contributed by atoms with Gasteiger partial charge in [0, 0.05) is 12.1 Å². The van der Waals surface area contributed by atoms with Gasteiger partial charge in [0.1, 0.15) is 5.84 Å². The Labute approximate surface area is 146 Å². The monoisotopic (exact) mass is 323 g/mol. The van der Waals surface area contributed by atoms with E-state index in [9.17, 15) is 0 Å². The average Bonchev–Trinajstić information content (AvgIpc) is 2.61. The van der Waals surface area contributed by atoms with Crippen LogP contribution in [0.2, 0.25) is 0 Å². The SMILES string of the molecule is C/C=C\C(=C/C)CN.C=C/C=C\C(=C/C)c1ccc(C(=N)N)cc1. The number of nitrogens with one attached hydrogen (secondary N) is 1. The van der Waals surface area contributed by atoms with Crippen LogP contribution in [0.1, 0.15) is 31.9 Å². The molecule has 0 radical (unpaired) electrons. The fourth-order valence-electron chi connectivity index (χ4n) is 1.87. The summed E-state index contributed by atoms with van der Waals surface area (Å²) in [6, 6.07) is 7.62. The Kier molecular flexibility index (Phi) is 11.4. The van der Waals surface area contributed by atoms with Crippen molar-refractivity contribution in [2.45, 2.75) is 20.8 Å². The van der Waals surface area contributed by atoms with E-state index in [1.807, 2.05) is 81.5 Å². The molecule has 0 bridgehead atoms. The van der Waals surface area contributed by atoms with Crippen molar-refractivity contribution in [1.29, 1.82) is 5.41 Å². The van der Waals surface area contributed by atoms with E-state index in [0.29, 0.717) is 6.54 Å². The molecule has 1 aromatic rings. The molecule has 0 fully saturated rings. The molecule has 5 N–H and O–H groups in total. The van der Waals surface area contributed by atoms with Crippen molar-refractivity contribution in [1.82, 2.24) is 0 Å². The number of rotatable bonds is 6. The highest BCUT2D eigenvalue weighted by atomic mass is 14.7. The van der Waals surface area contributed by atoms with Crippen LogP contribution in [0.5, 0.6) is 0 Å². The third-order valence-electron chi connectivity index (χ3n) is 3.24. The van der Waals surface area contributed by atoms with Crippen LogP contribution in [-0.4, -0.2) is 12.4 Å². The van der Waals surface area contributed by atoms with Gasteiger partial charge in [-0.15, -0.1) is 0 Å². The van der Waals surface area contributed by atoms with Crippen molar-refractivity contribution in [3.63, 3.8) is 0 Å². The van der Waals surface area contributed by atoms with Crippen molar-refractivity contribution in [3.8, 4) is 0 Å². The second-order valence-electron chi connectivity index (χ2n) is 4.90. The molecule has 0 aromatic heterocycles. The summed E-state index contributed by atoms with van der Waals surface area (Å²) in [6.45, 7) is 10.2. The van der Waals surface area contributed by atoms with Gasteiger partial charge in [-0.3, -0.25) is 5.41 Å². The molecule has 3 nitrogen and oxygen atoms in total. The maximum absolute atomic E-state index is 7.30. The van der Waals surface area contributed by atoms with Crippen LogP contribution in [0.25, 0.3) is 5.57 Å². The minimum atomic E-state index is 0.0928. The molecule has 0 atom stereocenters. The molecule has 3 heteroatoms. The first-order chi connectivity index (χ1) is 11.5. The van der Waals surface area contributed by atoms with Crippen molar-refractivity contribution in [3.05, 3.63) is 90.1 Å². The van der Waals surface area contributed by atoms with Gasteiger partial charge >= 0.3 is 0 Å². The summed E-state index contributed by atoms with van der Waals surface area (Å²) in [5, 5.41) is 7.30. The zero-order valence-electron chi connectivity index (χ0n) is 14.9. The van der Waals surface area contributed by atoms with E-state index < -0.39 is 0 Å². The largest absolute Gasteiger partial charge is 0.384 e. The quantitative estimate of drug-likeness (QED) is 0.407. The van der Waals surface area contributed by atoms with Crippen LogP contribution < -0.4 is 11.5 Å². The van der Waals surface area contributed by atoms with Gasteiger partial charge in [0.25, 0.3) is 0 Å². The van der Waals surface area contributed by atoms with E-state index in [-0.39, 0.29) is 5.84 Å². The van der Waals surface area contributed by atoms with Crippen molar-refractivity contribution >= 4 is 11.4 Å². The summed E-state index contributed by atoms with van der Waals surface area (Å²) >= 11 is 0. The van der Waals surface area contributed by atoms with Gasteiger partial charge in [0.05, 0.1) is 0 Å². The van der Waals surface area contributed by atoms with Gasteiger partial charge in [-0.05, 0) is 37.5 Å². The standard InChI is InChI=1S/C14H16N2.C7H13N/c1-3-5-6-11(4-2)12-7-9-13(10-8-12)14(15)16;1-3-5-7(4-2)6-8/h3-10H,1H2,2H3,(H3,15,16);3-5H,6,8H2,1-2H3/b6-5-,11-4+;5-3-,7-4+. The van der Waals surface area contributed by atoms with E-state index in [1.165, 1.54) is 5.57 Å². The van der Waals surface area contributed by atoms with Crippen molar-refractivity contribution in [2.75, 3.05) is 6.54 Å². The van der Waals surface area contributed by atoms with E-state index in [0.717, 1.165) is 16.7 Å². The molecule has 0 heterocycles. The zero-order valence-corrected chi connectivity index (χ0v) is 14.9. The van der Waals surface area contributed by atoms with Crippen molar-refractivity contribution < 1.29 is 0 Å². The van der Waals surface area contributed by atoms with Crippen LogP contribution in [-0.2, 0) is 0 Å². The molecule has 0 saturated heterocycles. The third-order valence-corrected chi connectivity index (χ3v) is 3.24. The summed E-state index contributed by atoms with van der Waals surface area (Å²) in [5.41, 5.74) is 14.9. The van der Waals surface area contributed by atoms with Gasteiger partial charge in [-0.2, -0.15) is 0 Å². The topological polar surface area (TPSA) is 75.9 Å². The van der Waals surface area contributed by atoms with Gasteiger partial charge in [0.2, 0.25) is 0 Å². The van der Waals surface area contributed by atoms with Crippen LogP contribution in [0, 0.1) is 5.41 Å². The first-order valence-corrected chi connectivity index (χ1v) is 7.92. The summed E-state index contributed by atoms with van der Waals surface area (Å²) in [5.74, 6) is 0.0928. The molecule has 0 aliphatic carbocycles. The van der Waals surface area contributed by atoms with Crippen LogP contribution in [0.3, 0.4) is 0 Å². The lowest BCUT2D eigenvalue weighted by atomic mass is 10.0. The van der Waals surface area contributed by atoms with E-state index in [1.54, 1.807) is 6.08 Å². The number of allylic oxidation sites excluding steroid dienone is 7. The highest BCUT2D eigenvalue weighted by Gasteiger charge is 1.98. The number of hydrogen-bond acceptors (Lipinski definition) is 2. The molecule has 0 amide bonds. The molecule has 24 heavy (non-hydrogen) atoms. The number of amidine groups is 1. The fourth-order valence-corrected chi connectivity index (χ4v) is 1.87. The Balaban J connectivity index is 0.000000561. The lowest BCUT2D eigenvalue weighted by Crippen LogP contribution is -2.10. The summed E-state index contributed by atoms with van der Waals surface area (Å²) in [6.07, 6.45) is 13.7. The highest BCUT2D eigenvalue weighted by molar-refractivity contribution is 5.95. The molecule has 0 spiro atoms. The number of hydrogen-bond donors (Lipinski definition) is 3. The summed E-state index contributed by atoms with van der Waals surface area (Å²) < 4.78 is 0. The van der Waals surface area contributed by atoms with Crippen molar-refractivity contribution in [2.24, 2.45) is 11.5 Å². The maximum atomic E-state index is 7.30. The Morgan fingerprint density at radius 2 is 1.62 bits per heavy atom. The molecule has 0 aliphatic rings. The number of benzene rings is 1. The molecule has 1 rings (SSSR count). The van der Waals surface area contributed by atoms with Gasteiger partial charge in [0.15, 0.2) is 0 Å². The van der Waals surface area contributed by atoms with E-state index in [2.05, 4.69) is 6.58 Å². The molecule has 0 saturated carbocycles. The highest BCUT2D eigenvalue weighted by Crippen LogP contribution is 2.16. The normalized spacial score (nSPS) is 12.2. The molecule has 128 valence electrons. The van der Waals surface area contributed by atoms with Gasteiger partial charge in [-0.1, -0.05) is 73.4 Å². The predicted octanol–water partition coefficient (Wildman–Crippen LogP) is 4.58. The Morgan fingerprint density at radius 3 is 1.96 bits per heavy atom. The molecular weight excluding hydrogens is 294 g/mol. The van der Waals surface area contributed by atoms with Gasteiger partial charge in [-0.25, -0.2) is 0 Å². The minimum absolute atomic E-state index is 0.0928. The first kappa shape index (κ1) is 21.4. The lowest BCUT2D eigenvalue weighted by molar-refractivity contribution is 1.18. The molecule has 1 aromatic carbocycles. The average molecular weight is 323 g/mol. The second kappa shape index (κ2) is 12.9. The Morgan fingerprint density at radius 1 is 1.04 bits per heavy atom. The van der Waals surface area contributed by atoms with Crippen LogP contribution >= 0.6 is 0 Å². The zero-order chi connectivity index (χ0) is 18.4. The molecule has 0 unspecified atom stereocenters. The second-order valence-corrected chi connectivity index (χ2v) is 4.90. The van der Waals surface area contributed by atoms with Crippen LogP contribution in [0.15, 0.2) is 78.9 Å². The van der Waals surface area contributed by atoms with E-state index >= 15 is 0 Å². The number of nitrogens with two attached hydrogens (primary N) is 2. The number of nitrogen functional groups attached to an aromatic ring is 1. The smallest absolute Gasteiger partial charge is 0.122 e. The fraction of sp³-hybridized carbons (Fsp3) is 0.190. The van der Waals surface area contributed by atoms with Crippen LogP contribution in [0.4, 0.5) is 0 Å². The Hall–Kier alpha value is -2.65. The summed E-state index contributed by atoms with van der Waals surface area (Å²) in [7, 11) is 0. The Bertz CT molecular complexity index is 627. The predicted molar refractivity (Wildman–Crippen MR) is 108 cm³/mol. The first-order valence-electron chi connectivity index (χ1n) is 7.92. The minimum Gasteiger partial charge on any atom is -0.384 e. The van der Waals surface area contributed by atoms with Gasteiger partial charge < -0.3 is 11.5 Å². The molecular formula is C21H29N3. The maximum Gasteiger partial charge on any atom is 0.122 e. The lowest BCUT2D eigenvalue weighted by Gasteiger charge is -2.03. The molecule has 0 aliphatic heterocycles.